The van der Waals surface area contributed by atoms with Gasteiger partial charge >= 0.3 is 0 Å². The highest BCUT2D eigenvalue weighted by molar-refractivity contribution is 5.30. The Morgan fingerprint density at radius 2 is 2.06 bits per heavy atom. The molecule has 0 fully saturated rings. The SMILES string of the molecule is CCCC(C)Oc1cccc(C(N)CC)c1. The lowest BCUT2D eigenvalue weighted by Crippen LogP contribution is -2.12. The highest BCUT2D eigenvalue weighted by atomic mass is 16.5. The van der Waals surface area contributed by atoms with Crippen LogP contribution in [0.2, 0.25) is 0 Å². The van der Waals surface area contributed by atoms with Gasteiger partial charge in [0.15, 0.2) is 0 Å². The van der Waals surface area contributed by atoms with E-state index in [1.807, 2.05) is 12.1 Å². The summed E-state index contributed by atoms with van der Waals surface area (Å²) >= 11 is 0. The molecule has 2 atom stereocenters. The van der Waals surface area contributed by atoms with Gasteiger partial charge in [-0.05, 0) is 37.5 Å². The van der Waals surface area contributed by atoms with Gasteiger partial charge in [0, 0.05) is 6.04 Å². The summed E-state index contributed by atoms with van der Waals surface area (Å²) in [5.74, 6) is 0.933. The maximum absolute atomic E-state index is 6.00. The van der Waals surface area contributed by atoms with Gasteiger partial charge in [0.1, 0.15) is 5.75 Å². The predicted octanol–water partition coefficient (Wildman–Crippen LogP) is 3.66. The molecular formula is C14H23NO. The lowest BCUT2D eigenvalue weighted by molar-refractivity contribution is 0.209. The second-order valence-electron chi connectivity index (χ2n) is 4.30. The van der Waals surface area contributed by atoms with E-state index in [1.165, 1.54) is 0 Å². The van der Waals surface area contributed by atoms with Crippen LogP contribution in [0.1, 0.15) is 51.6 Å². The van der Waals surface area contributed by atoms with Crippen molar-refractivity contribution in [2.45, 2.75) is 52.2 Å². The van der Waals surface area contributed by atoms with Gasteiger partial charge in [-0.1, -0.05) is 32.4 Å². The summed E-state index contributed by atoms with van der Waals surface area (Å²) in [5, 5.41) is 0. The van der Waals surface area contributed by atoms with Crippen LogP contribution < -0.4 is 10.5 Å². The quantitative estimate of drug-likeness (QED) is 0.795. The average molecular weight is 221 g/mol. The molecule has 0 aromatic heterocycles. The fraction of sp³-hybridized carbons (Fsp3) is 0.571. The zero-order valence-electron chi connectivity index (χ0n) is 10.6. The van der Waals surface area contributed by atoms with Crippen LogP contribution in [0, 0.1) is 0 Å². The third kappa shape index (κ3) is 3.86. The van der Waals surface area contributed by atoms with Crippen molar-refractivity contribution >= 4 is 0 Å². The molecule has 90 valence electrons. The first-order chi connectivity index (χ1) is 7.67. The van der Waals surface area contributed by atoms with Crippen LogP contribution in [0.25, 0.3) is 0 Å². The van der Waals surface area contributed by atoms with Crippen molar-refractivity contribution in [2.24, 2.45) is 5.73 Å². The Balaban J connectivity index is 2.67. The van der Waals surface area contributed by atoms with Crippen molar-refractivity contribution < 1.29 is 4.74 Å². The molecule has 2 nitrogen and oxygen atoms in total. The Morgan fingerprint density at radius 3 is 2.69 bits per heavy atom. The molecule has 0 aliphatic rings. The standard InChI is InChI=1S/C14H23NO/c1-4-7-11(3)16-13-9-6-8-12(10-13)14(15)5-2/h6,8-11,14H,4-5,7,15H2,1-3H3. The van der Waals surface area contributed by atoms with Gasteiger partial charge in [0.05, 0.1) is 6.10 Å². The van der Waals surface area contributed by atoms with E-state index < -0.39 is 0 Å². The highest BCUT2D eigenvalue weighted by Gasteiger charge is 2.06. The maximum Gasteiger partial charge on any atom is 0.120 e. The smallest absolute Gasteiger partial charge is 0.120 e. The molecule has 2 heteroatoms. The minimum Gasteiger partial charge on any atom is -0.491 e. The number of rotatable bonds is 6. The van der Waals surface area contributed by atoms with Crippen molar-refractivity contribution in [2.75, 3.05) is 0 Å². The van der Waals surface area contributed by atoms with Gasteiger partial charge in [0.25, 0.3) is 0 Å². The molecule has 0 spiro atoms. The first-order valence-corrected chi connectivity index (χ1v) is 6.19. The zero-order valence-corrected chi connectivity index (χ0v) is 10.6. The van der Waals surface area contributed by atoms with E-state index in [4.69, 9.17) is 10.5 Å². The predicted molar refractivity (Wildman–Crippen MR) is 68.7 cm³/mol. The Morgan fingerprint density at radius 1 is 1.31 bits per heavy atom. The van der Waals surface area contributed by atoms with E-state index >= 15 is 0 Å². The van der Waals surface area contributed by atoms with Gasteiger partial charge in [-0.25, -0.2) is 0 Å². The minimum atomic E-state index is 0.116. The topological polar surface area (TPSA) is 35.2 Å². The fourth-order valence-corrected chi connectivity index (χ4v) is 1.75. The number of ether oxygens (including phenoxy) is 1. The lowest BCUT2D eigenvalue weighted by atomic mass is 10.1. The minimum absolute atomic E-state index is 0.116. The molecule has 2 N–H and O–H groups in total. The van der Waals surface area contributed by atoms with E-state index in [0.717, 1.165) is 30.6 Å². The summed E-state index contributed by atoms with van der Waals surface area (Å²) in [6.07, 6.45) is 3.46. The second kappa shape index (κ2) is 6.54. The van der Waals surface area contributed by atoms with Gasteiger partial charge in [-0.3, -0.25) is 0 Å². The Bertz CT molecular complexity index is 311. The largest absolute Gasteiger partial charge is 0.491 e. The molecule has 1 rings (SSSR count). The third-order valence-corrected chi connectivity index (χ3v) is 2.76. The van der Waals surface area contributed by atoms with Crippen LogP contribution in [0.3, 0.4) is 0 Å². The first kappa shape index (κ1) is 13.0. The lowest BCUT2D eigenvalue weighted by Gasteiger charge is -2.16. The molecule has 2 unspecified atom stereocenters. The van der Waals surface area contributed by atoms with E-state index in [9.17, 15) is 0 Å². The maximum atomic E-state index is 6.00. The van der Waals surface area contributed by atoms with Gasteiger partial charge in [-0.2, -0.15) is 0 Å². The van der Waals surface area contributed by atoms with Crippen LogP contribution in [-0.4, -0.2) is 6.10 Å². The van der Waals surface area contributed by atoms with Crippen molar-refractivity contribution in [3.05, 3.63) is 29.8 Å². The van der Waals surface area contributed by atoms with E-state index in [2.05, 4.69) is 32.9 Å². The van der Waals surface area contributed by atoms with E-state index in [0.29, 0.717) is 0 Å². The third-order valence-electron chi connectivity index (χ3n) is 2.76. The molecule has 0 saturated carbocycles. The highest BCUT2D eigenvalue weighted by Crippen LogP contribution is 2.21. The Kier molecular flexibility index (Phi) is 5.33. The van der Waals surface area contributed by atoms with Crippen molar-refractivity contribution in [3.8, 4) is 5.75 Å². The van der Waals surface area contributed by atoms with Gasteiger partial charge < -0.3 is 10.5 Å². The zero-order chi connectivity index (χ0) is 12.0. The van der Waals surface area contributed by atoms with E-state index in [-0.39, 0.29) is 12.1 Å². The number of hydrogen-bond donors (Lipinski definition) is 1. The monoisotopic (exact) mass is 221 g/mol. The van der Waals surface area contributed by atoms with Crippen molar-refractivity contribution in [1.29, 1.82) is 0 Å². The van der Waals surface area contributed by atoms with Crippen LogP contribution in [0.15, 0.2) is 24.3 Å². The molecule has 0 aliphatic heterocycles. The summed E-state index contributed by atoms with van der Waals surface area (Å²) in [6.45, 7) is 6.37. The average Bonchev–Trinajstić information content (AvgIpc) is 2.28. The van der Waals surface area contributed by atoms with Crippen LogP contribution in [-0.2, 0) is 0 Å². The Labute approximate surface area is 98.8 Å². The summed E-state index contributed by atoms with van der Waals surface area (Å²) in [4.78, 5) is 0. The van der Waals surface area contributed by atoms with Crippen LogP contribution in [0.5, 0.6) is 5.75 Å². The summed E-state index contributed by atoms with van der Waals surface area (Å²) in [6, 6.07) is 8.24. The molecule has 0 radical (unpaired) electrons. The molecule has 1 aromatic rings. The molecule has 16 heavy (non-hydrogen) atoms. The summed E-state index contributed by atoms with van der Waals surface area (Å²) in [5.41, 5.74) is 7.15. The molecule has 0 heterocycles. The molecular weight excluding hydrogens is 198 g/mol. The van der Waals surface area contributed by atoms with Crippen LogP contribution in [0.4, 0.5) is 0 Å². The van der Waals surface area contributed by atoms with E-state index in [1.54, 1.807) is 0 Å². The van der Waals surface area contributed by atoms with Crippen molar-refractivity contribution in [1.82, 2.24) is 0 Å². The molecule has 0 bridgehead atoms. The fourth-order valence-electron chi connectivity index (χ4n) is 1.75. The summed E-state index contributed by atoms with van der Waals surface area (Å²) in [7, 11) is 0. The normalized spacial score (nSPS) is 14.5. The number of nitrogens with two attached hydrogens (primary N) is 1. The van der Waals surface area contributed by atoms with Crippen LogP contribution >= 0.6 is 0 Å². The van der Waals surface area contributed by atoms with Crippen molar-refractivity contribution in [3.63, 3.8) is 0 Å². The number of benzene rings is 1. The molecule has 1 aromatic carbocycles. The van der Waals surface area contributed by atoms with Gasteiger partial charge in [0.2, 0.25) is 0 Å². The Hall–Kier alpha value is -1.02. The molecule has 0 aliphatic carbocycles. The molecule has 0 amide bonds. The van der Waals surface area contributed by atoms with Gasteiger partial charge in [-0.15, -0.1) is 0 Å². The first-order valence-electron chi connectivity index (χ1n) is 6.19. The second-order valence-corrected chi connectivity index (χ2v) is 4.30. The number of hydrogen-bond acceptors (Lipinski definition) is 2. The molecule has 0 saturated heterocycles. The summed E-state index contributed by atoms with van der Waals surface area (Å²) < 4.78 is 5.83.